The zero-order valence-electron chi connectivity index (χ0n) is 14.4. The van der Waals surface area contributed by atoms with Crippen molar-refractivity contribution in [2.75, 3.05) is 5.75 Å². The largest absolute Gasteiger partial charge is 0.289 e. The van der Waals surface area contributed by atoms with Gasteiger partial charge in [0.2, 0.25) is 5.91 Å². The third kappa shape index (κ3) is 4.68. The lowest BCUT2D eigenvalue weighted by atomic mass is 10.2. The van der Waals surface area contributed by atoms with Crippen LogP contribution in [-0.4, -0.2) is 26.4 Å². The number of carbonyl (C=O) groups excluding carboxylic acids is 1. The summed E-state index contributed by atoms with van der Waals surface area (Å²) in [6.45, 7) is 0. The summed E-state index contributed by atoms with van der Waals surface area (Å²) < 4.78 is 1.57. The molecule has 0 saturated heterocycles. The monoisotopic (exact) mass is 403 g/mol. The molecule has 2 aromatic carbocycles. The zero-order chi connectivity index (χ0) is 19.2. The summed E-state index contributed by atoms with van der Waals surface area (Å²) in [7, 11) is 0. The first-order valence-corrected chi connectivity index (χ1v) is 9.80. The fourth-order valence-corrected chi connectivity index (χ4v) is 3.85. The van der Waals surface area contributed by atoms with Crippen molar-refractivity contribution in [2.45, 2.75) is 24.4 Å². The smallest absolute Gasteiger partial charge is 0.266 e. The topological polar surface area (TPSA) is 84.2 Å². The molecule has 0 aliphatic heterocycles. The van der Waals surface area contributed by atoms with Gasteiger partial charge in [-0.25, -0.2) is 10.5 Å². The minimum absolute atomic E-state index is 0.148. The van der Waals surface area contributed by atoms with E-state index in [9.17, 15) is 9.59 Å². The van der Waals surface area contributed by atoms with Crippen molar-refractivity contribution in [1.29, 1.82) is 0 Å². The van der Waals surface area contributed by atoms with Crippen LogP contribution in [0.3, 0.4) is 0 Å². The number of thioether (sulfide) groups is 1. The number of nitrogens with zero attached hydrogens (tertiary/aromatic N) is 2. The Bertz CT molecular complexity index is 1020. The Kier molecular flexibility index (Phi) is 6.49. The van der Waals surface area contributed by atoms with Gasteiger partial charge in [-0.05, 0) is 43.2 Å². The average Bonchev–Trinajstić information content (AvgIpc) is 2.67. The van der Waals surface area contributed by atoms with Crippen LogP contribution < -0.4 is 11.0 Å². The minimum Gasteiger partial charge on any atom is -0.289 e. The van der Waals surface area contributed by atoms with Crippen molar-refractivity contribution in [3.63, 3.8) is 0 Å². The number of unbranched alkanes of at least 4 members (excludes halogenated alkanes) is 1. The summed E-state index contributed by atoms with van der Waals surface area (Å²) in [6.07, 6.45) is 1.63. The van der Waals surface area contributed by atoms with Crippen LogP contribution in [0.25, 0.3) is 16.6 Å². The summed E-state index contributed by atoms with van der Waals surface area (Å²) in [6, 6.07) is 14.3. The second kappa shape index (κ2) is 9.03. The van der Waals surface area contributed by atoms with Crippen LogP contribution in [-0.2, 0) is 4.79 Å². The molecule has 0 aliphatic carbocycles. The van der Waals surface area contributed by atoms with Crippen molar-refractivity contribution in [2.24, 2.45) is 0 Å². The van der Waals surface area contributed by atoms with E-state index in [1.165, 1.54) is 11.8 Å². The highest BCUT2D eigenvalue weighted by Gasteiger charge is 2.13. The second-order valence-electron chi connectivity index (χ2n) is 5.87. The van der Waals surface area contributed by atoms with Crippen LogP contribution in [0.2, 0.25) is 5.02 Å². The molecule has 2 N–H and O–H groups in total. The number of fused-ring (bicyclic) bond motifs is 1. The van der Waals surface area contributed by atoms with Crippen LogP contribution >= 0.6 is 23.4 Å². The molecule has 140 valence electrons. The Morgan fingerprint density at radius 3 is 2.78 bits per heavy atom. The van der Waals surface area contributed by atoms with Crippen LogP contribution in [0.15, 0.2) is 58.5 Å². The third-order valence-corrected chi connectivity index (χ3v) is 5.23. The van der Waals surface area contributed by atoms with Gasteiger partial charge in [-0.2, -0.15) is 0 Å². The second-order valence-corrected chi connectivity index (χ2v) is 7.37. The highest BCUT2D eigenvalue weighted by molar-refractivity contribution is 7.99. The lowest BCUT2D eigenvalue weighted by Crippen LogP contribution is -2.21. The highest BCUT2D eigenvalue weighted by atomic mass is 35.5. The maximum absolute atomic E-state index is 13.1. The number of hydroxylamine groups is 1. The van der Waals surface area contributed by atoms with Crippen LogP contribution in [0.1, 0.15) is 19.3 Å². The van der Waals surface area contributed by atoms with Crippen molar-refractivity contribution in [3.8, 4) is 5.69 Å². The Morgan fingerprint density at radius 2 is 2.00 bits per heavy atom. The number of hydrogen-bond acceptors (Lipinski definition) is 5. The van der Waals surface area contributed by atoms with Crippen molar-refractivity contribution in [3.05, 3.63) is 63.9 Å². The Hall–Kier alpha value is -2.35. The number of rotatable bonds is 7. The normalized spacial score (nSPS) is 10.9. The van der Waals surface area contributed by atoms with Gasteiger partial charge in [-0.1, -0.05) is 41.6 Å². The van der Waals surface area contributed by atoms with E-state index in [0.717, 1.165) is 6.42 Å². The number of carbonyl (C=O) groups is 1. The van der Waals surface area contributed by atoms with E-state index < -0.39 is 5.91 Å². The number of aromatic nitrogens is 2. The first kappa shape index (κ1) is 19.4. The number of halogens is 1. The predicted octanol–water partition coefficient (Wildman–Crippen LogP) is 3.81. The molecule has 0 fully saturated rings. The van der Waals surface area contributed by atoms with Crippen LogP contribution in [0.4, 0.5) is 0 Å². The first-order valence-electron chi connectivity index (χ1n) is 8.43. The average molecular weight is 404 g/mol. The molecule has 0 unspecified atom stereocenters. The zero-order valence-corrected chi connectivity index (χ0v) is 16.0. The van der Waals surface area contributed by atoms with Gasteiger partial charge in [0, 0.05) is 17.2 Å². The van der Waals surface area contributed by atoms with E-state index in [1.54, 1.807) is 34.3 Å². The Balaban J connectivity index is 1.91. The molecule has 8 heteroatoms. The van der Waals surface area contributed by atoms with E-state index in [0.29, 0.717) is 38.9 Å². The summed E-state index contributed by atoms with van der Waals surface area (Å²) in [5, 5.41) is 10.2. The third-order valence-electron chi connectivity index (χ3n) is 3.97. The summed E-state index contributed by atoms with van der Waals surface area (Å²) >= 11 is 7.56. The molecule has 0 saturated carbocycles. The minimum atomic E-state index is -0.403. The fraction of sp³-hybridized carbons (Fsp3) is 0.211. The SMILES string of the molecule is O=C(CCCCSc1nc2ccccc2c(=O)n1-c1cccc(Cl)c1)NO. The molecule has 0 aliphatic rings. The summed E-state index contributed by atoms with van der Waals surface area (Å²) in [5.74, 6) is 0.281. The van der Waals surface area contributed by atoms with Crippen molar-refractivity contribution in [1.82, 2.24) is 15.0 Å². The van der Waals surface area contributed by atoms with E-state index >= 15 is 0 Å². The number of benzene rings is 2. The molecular formula is C19H18ClN3O3S. The molecule has 0 atom stereocenters. The van der Waals surface area contributed by atoms with Crippen LogP contribution in [0, 0.1) is 0 Å². The molecule has 3 rings (SSSR count). The van der Waals surface area contributed by atoms with Gasteiger partial charge >= 0.3 is 0 Å². The lowest BCUT2D eigenvalue weighted by Gasteiger charge is -2.13. The Labute approximate surface area is 165 Å². The van der Waals surface area contributed by atoms with Crippen molar-refractivity contribution < 1.29 is 10.0 Å². The van der Waals surface area contributed by atoms with Gasteiger partial charge in [0.05, 0.1) is 16.6 Å². The summed E-state index contributed by atoms with van der Waals surface area (Å²) in [4.78, 5) is 28.8. The highest BCUT2D eigenvalue weighted by Crippen LogP contribution is 2.23. The molecule has 0 spiro atoms. The van der Waals surface area contributed by atoms with E-state index in [2.05, 4.69) is 4.98 Å². The van der Waals surface area contributed by atoms with Gasteiger partial charge in [-0.15, -0.1) is 0 Å². The molecular weight excluding hydrogens is 386 g/mol. The maximum atomic E-state index is 13.1. The van der Waals surface area contributed by atoms with E-state index in [-0.39, 0.29) is 12.0 Å². The molecule has 0 radical (unpaired) electrons. The van der Waals surface area contributed by atoms with E-state index in [4.69, 9.17) is 16.8 Å². The molecule has 3 aromatic rings. The standard InChI is InChI=1S/C19H18ClN3O3S/c20-13-6-5-7-14(12-13)23-18(25)15-8-1-2-9-16(15)21-19(23)27-11-4-3-10-17(24)22-26/h1-2,5-9,12,26H,3-4,10-11H2,(H,22,24). The number of nitrogens with one attached hydrogen (secondary N) is 1. The molecule has 27 heavy (non-hydrogen) atoms. The molecule has 1 amide bonds. The number of hydrogen-bond donors (Lipinski definition) is 2. The maximum Gasteiger partial charge on any atom is 0.266 e. The van der Waals surface area contributed by atoms with Gasteiger partial charge < -0.3 is 0 Å². The molecule has 1 heterocycles. The van der Waals surface area contributed by atoms with Gasteiger partial charge in [0.15, 0.2) is 5.16 Å². The van der Waals surface area contributed by atoms with Gasteiger partial charge in [0.25, 0.3) is 5.56 Å². The molecule has 0 bridgehead atoms. The van der Waals surface area contributed by atoms with Crippen LogP contribution in [0.5, 0.6) is 0 Å². The molecule has 1 aromatic heterocycles. The molecule has 6 nitrogen and oxygen atoms in total. The first-order chi connectivity index (χ1) is 13.1. The van der Waals surface area contributed by atoms with Crippen molar-refractivity contribution >= 4 is 40.2 Å². The van der Waals surface area contributed by atoms with E-state index in [1.807, 2.05) is 24.3 Å². The van der Waals surface area contributed by atoms with Gasteiger partial charge in [-0.3, -0.25) is 19.4 Å². The quantitative estimate of drug-likeness (QED) is 0.206. The van der Waals surface area contributed by atoms with Gasteiger partial charge in [0.1, 0.15) is 0 Å². The predicted molar refractivity (Wildman–Crippen MR) is 107 cm³/mol. The number of amides is 1. The number of para-hydroxylation sites is 1. The summed E-state index contributed by atoms with van der Waals surface area (Å²) in [5.41, 5.74) is 2.77. The fourth-order valence-electron chi connectivity index (χ4n) is 2.66. The Morgan fingerprint density at radius 1 is 1.19 bits per heavy atom. The lowest BCUT2D eigenvalue weighted by molar-refractivity contribution is -0.129.